The Morgan fingerprint density at radius 3 is 3.00 bits per heavy atom. The highest BCUT2D eigenvalue weighted by Crippen LogP contribution is 2.20. The van der Waals surface area contributed by atoms with Gasteiger partial charge in [0.15, 0.2) is 0 Å². The quantitative estimate of drug-likeness (QED) is 0.918. The smallest absolute Gasteiger partial charge is 0.272 e. The predicted octanol–water partition coefficient (Wildman–Crippen LogP) is 1.22. The number of nitrogens with one attached hydrogen (secondary N) is 1. The van der Waals surface area contributed by atoms with Crippen molar-refractivity contribution in [2.45, 2.75) is 18.9 Å². The molecule has 1 saturated heterocycles. The molecule has 7 nitrogen and oxygen atoms in total. The van der Waals surface area contributed by atoms with Crippen molar-refractivity contribution in [2.75, 3.05) is 25.1 Å². The predicted molar refractivity (Wildman–Crippen MR) is 86.7 cm³/mol. The van der Waals surface area contributed by atoms with Gasteiger partial charge in [0.05, 0.1) is 7.11 Å². The van der Waals surface area contributed by atoms with Gasteiger partial charge < -0.3 is 15.0 Å². The molecule has 1 atom stereocenters. The van der Waals surface area contributed by atoms with Gasteiger partial charge in [-0.2, -0.15) is 10.1 Å². The summed E-state index contributed by atoms with van der Waals surface area (Å²) >= 11 is 0. The van der Waals surface area contributed by atoms with E-state index in [-0.39, 0.29) is 11.9 Å². The highest BCUT2D eigenvalue weighted by Gasteiger charge is 2.23. The van der Waals surface area contributed by atoms with Crippen LogP contribution in [0.5, 0.6) is 5.88 Å². The number of hydrogen-bond donors (Lipinski definition) is 1. The fourth-order valence-corrected chi connectivity index (χ4v) is 2.79. The Morgan fingerprint density at radius 2 is 2.26 bits per heavy atom. The molecule has 3 heterocycles. The van der Waals surface area contributed by atoms with E-state index in [0.29, 0.717) is 11.6 Å². The van der Waals surface area contributed by atoms with Crippen LogP contribution in [0.2, 0.25) is 0 Å². The maximum atomic E-state index is 12.2. The van der Waals surface area contributed by atoms with E-state index in [0.717, 1.165) is 31.7 Å². The zero-order chi connectivity index (χ0) is 16.2. The molecule has 0 aliphatic carbocycles. The third-order valence-electron chi connectivity index (χ3n) is 3.94. The molecule has 0 bridgehead atoms. The molecule has 122 valence electrons. The highest BCUT2D eigenvalue weighted by molar-refractivity contribution is 5.92. The first-order chi connectivity index (χ1) is 11.2. The average molecular weight is 315 g/mol. The molecule has 1 fully saturated rings. The molecule has 3 rings (SSSR count). The molecule has 0 spiro atoms. The summed E-state index contributed by atoms with van der Waals surface area (Å²) in [5.41, 5.74) is 0.448. The van der Waals surface area contributed by atoms with Gasteiger partial charge in [-0.25, -0.2) is 0 Å². The number of piperidine rings is 1. The van der Waals surface area contributed by atoms with Crippen LogP contribution in [0.1, 0.15) is 23.3 Å². The average Bonchev–Trinajstić information content (AvgIpc) is 3.02. The topological polar surface area (TPSA) is 72.3 Å². The van der Waals surface area contributed by atoms with Crippen molar-refractivity contribution in [2.24, 2.45) is 7.05 Å². The van der Waals surface area contributed by atoms with Gasteiger partial charge in [-0.1, -0.05) is 6.07 Å². The van der Waals surface area contributed by atoms with E-state index >= 15 is 0 Å². The van der Waals surface area contributed by atoms with Crippen molar-refractivity contribution in [3.05, 3.63) is 36.2 Å². The number of amides is 1. The lowest BCUT2D eigenvalue weighted by Gasteiger charge is -2.33. The summed E-state index contributed by atoms with van der Waals surface area (Å²) in [5, 5.41) is 7.20. The van der Waals surface area contributed by atoms with Gasteiger partial charge in [0, 0.05) is 38.4 Å². The lowest BCUT2D eigenvalue weighted by atomic mass is 10.1. The van der Waals surface area contributed by atoms with Crippen LogP contribution in [-0.2, 0) is 7.05 Å². The van der Waals surface area contributed by atoms with Crippen molar-refractivity contribution in [3.8, 4) is 5.88 Å². The maximum Gasteiger partial charge on any atom is 0.272 e. The molecule has 0 aromatic carbocycles. The molecule has 1 aliphatic rings. The van der Waals surface area contributed by atoms with Gasteiger partial charge in [0.1, 0.15) is 11.5 Å². The van der Waals surface area contributed by atoms with E-state index in [1.165, 1.54) is 0 Å². The third-order valence-corrected chi connectivity index (χ3v) is 3.94. The molecular weight excluding hydrogens is 294 g/mol. The number of carbonyl (C=O) groups excluding carboxylic acids is 1. The number of methoxy groups -OCH3 is 1. The zero-order valence-electron chi connectivity index (χ0n) is 13.4. The van der Waals surface area contributed by atoms with Gasteiger partial charge in [-0.3, -0.25) is 9.48 Å². The second-order valence-electron chi connectivity index (χ2n) is 5.67. The monoisotopic (exact) mass is 315 g/mol. The van der Waals surface area contributed by atoms with Crippen LogP contribution in [0, 0.1) is 0 Å². The van der Waals surface area contributed by atoms with Gasteiger partial charge >= 0.3 is 0 Å². The van der Waals surface area contributed by atoms with Gasteiger partial charge in [0.2, 0.25) is 5.88 Å². The van der Waals surface area contributed by atoms with Crippen molar-refractivity contribution in [3.63, 3.8) is 0 Å². The normalized spacial score (nSPS) is 17.8. The summed E-state index contributed by atoms with van der Waals surface area (Å²) < 4.78 is 6.81. The molecule has 1 N–H and O–H groups in total. The number of hydrogen-bond acceptors (Lipinski definition) is 5. The number of aryl methyl sites for hydroxylation is 1. The molecule has 0 saturated carbocycles. The van der Waals surface area contributed by atoms with Crippen LogP contribution in [0.3, 0.4) is 0 Å². The van der Waals surface area contributed by atoms with E-state index in [9.17, 15) is 4.79 Å². The number of rotatable bonds is 4. The molecule has 2 aromatic heterocycles. The summed E-state index contributed by atoms with van der Waals surface area (Å²) in [6.07, 6.45) is 3.73. The van der Waals surface area contributed by atoms with Crippen LogP contribution >= 0.6 is 0 Å². The Labute approximate surface area is 135 Å². The Kier molecular flexibility index (Phi) is 4.45. The summed E-state index contributed by atoms with van der Waals surface area (Å²) in [7, 11) is 3.41. The minimum Gasteiger partial charge on any atom is -0.481 e. The Balaban J connectivity index is 1.64. The first kappa shape index (κ1) is 15.3. The minimum atomic E-state index is -0.129. The van der Waals surface area contributed by atoms with Crippen molar-refractivity contribution in [1.29, 1.82) is 0 Å². The number of anilines is 1. The van der Waals surface area contributed by atoms with Crippen molar-refractivity contribution in [1.82, 2.24) is 20.1 Å². The van der Waals surface area contributed by atoms with Crippen molar-refractivity contribution >= 4 is 11.7 Å². The lowest BCUT2D eigenvalue weighted by molar-refractivity contribution is 0.0927. The molecule has 23 heavy (non-hydrogen) atoms. The van der Waals surface area contributed by atoms with E-state index in [1.54, 1.807) is 31.1 Å². The van der Waals surface area contributed by atoms with E-state index in [4.69, 9.17) is 4.74 Å². The molecular formula is C16H21N5O2. The maximum absolute atomic E-state index is 12.2. The van der Waals surface area contributed by atoms with E-state index < -0.39 is 0 Å². The summed E-state index contributed by atoms with van der Waals surface area (Å²) in [5.74, 6) is 1.35. The van der Waals surface area contributed by atoms with Crippen LogP contribution < -0.4 is 15.0 Å². The van der Waals surface area contributed by atoms with Crippen LogP contribution in [0.4, 0.5) is 5.82 Å². The number of ether oxygens (including phenoxy) is 1. The largest absolute Gasteiger partial charge is 0.481 e. The fraction of sp³-hybridized carbons (Fsp3) is 0.438. The Bertz CT molecular complexity index is 685. The first-order valence-corrected chi connectivity index (χ1v) is 7.72. The summed E-state index contributed by atoms with van der Waals surface area (Å²) in [6, 6.07) is 7.53. The molecule has 2 aromatic rings. The molecule has 1 aliphatic heterocycles. The van der Waals surface area contributed by atoms with Crippen LogP contribution in [0.15, 0.2) is 30.5 Å². The third kappa shape index (κ3) is 3.61. The van der Waals surface area contributed by atoms with E-state index in [2.05, 4.69) is 20.3 Å². The minimum absolute atomic E-state index is 0.0891. The van der Waals surface area contributed by atoms with E-state index in [1.807, 2.05) is 18.2 Å². The standard InChI is InChI=1S/C16H21N5O2/c1-20-10-8-13(19-20)16(22)17-12-5-4-9-21(11-12)14-6-3-7-15(18-14)23-2/h3,6-8,10,12H,4-5,9,11H2,1-2H3,(H,17,22). The second-order valence-corrected chi connectivity index (χ2v) is 5.67. The zero-order valence-corrected chi connectivity index (χ0v) is 13.4. The molecule has 0 radical (unpaired) electrons. The SMILES string of the molecule is COc1cccc(N2CCCC(NC(=O)c3ccn(C)n3)C2)n1. The highest BCUT2D eigenvalue weighted by atomic mass is 16.5. The van der Waals surface area contributed by atoms with Gasteiger partial charge in [-0.05, 0) is 25.0 Å². The molecule has 1 amide bonds. The lowest BCUT2D eigenvalue weighted by Crippen LogP contribution is -2.48. The molecule has 1 unspecified atom stereocenters. The molecule has 7 heteroatoms. The van der Waals surface area contributed by atoms with Crippen LogP contribution in [-0.4, -0.2) is 46.9 Å². The Hall–Kier alpha value is -2.57. The van der Waals surface area contributed by atoms with Crippen LogP contribution in [0.25, 0.3) is 0 Å². The number of pyridine rings is 1. The summed E-state index contributed by atoms with van der Waals surface area (Å²) in [4.78, 5) is 18.9. The van der Waals surface area contributed by atoms with Gasteiger partial charge in [-0.15, -0.1) is 0 Å². The second kappa shape index (κ2) is 6.68. The van der Waals surface area contributed by atoms with Crippen molar-refractivity contribution < 1.29 is 9.53 Å². The number of aromatic nitrogens is 3. The first-order valence-electron chi connectivity index (χ1n) is 7.72. The summed E-state index contributed by atoms with van der Waals surface area (Å²) in [6.45, 7) is 1.66. The number of carbonyl (C=O) groups is 1. The van der Waals surface area contributed by atoms with Gasteiger partial charge in [0.25, 0.3) is 5.91 Å². The fourth-order valence-electron chi connectivity index (χ4n) is 2.79. The Morgan fingerprint density at radius 1 is 1.39 bits per heavy atom. The number of nitrogens with zero attached hydrogens (tertiary/aromatic N) is 4.